The predicted octanol–water partition coefficient (Wildman–Crippen LogP) is 4.23. The molecular formula is C13H22S. The van der Waals surface area contributed by atoms with Crippen LogP contribution >= 0.6 is 12.2 Å². The Morgan fingerprint density at radius 2 is 1.86 bits per heavy atom. The molecule has 0 heterocycles. The maximum atomic E-state index is 5.51. The van der Waals surface area contributed by atoms with Gasteiger partial charge in [-0.2, -0.15) is 0 Å². The molecule has 0 saturated heterocycles. The van der Waals surface area contributed by atoms with Crippen molar-refractivity contribution in [1.29, 1.82) is 0 Å². The molecule has 0 bridgehead atoms. The lowest BCUT2D eigenvalue weighted by Gasteiger charge is -2.37. The van der Waals surface area contributed by atoms with Gasteiger partial charge in [0.2, 0.25) is 0 Å². The highest BCUT2D eigenvalue weighted by Gasteiger charge is 2.34. The third kappa shape index (κ3) is 2.79. The largest absolute Gasteiger partial charge is 0.0894 e. The molecular weight excluding hydrogens is 188 g/mol. The molecule has 0 atom stereocenters. The molecule has 0 aromatic rings. The van der Waals surface area contributed by atoms with Gasteiger partial charge in [-0.15, -0.1) is 0 Å². The minimum absolute atomic E-state index is 0.828. The number of hydrogen-bond acceptors (Lipinski definition) is 1. The first-order chi connectivity index (χ1) is 6.65. The van der Waals surface area contributed by atoms with Crippen molar-refractivity contribution in [1.82, 2.24) is 0 Å². The van der Waals surface area contributed by atoms with E-state index in [9.17, 15) is 0 Å². The molecule has 2 rings (SSSR count). The predicted molar refractivity (Wildman–Crippen MR) is 65.6 cm³/mol. The molecule has 2 fully saturated rings. The second kappa shape index (κ2) is 4.30. The molecule has 14 heavy (non-hydrogen) atoms. The average molecular weight is 210 g/mol. The van der Waals surface area contributed by atoms with E-state index >= 15 is 0 Å². The molecule has 80 valence electrons. The van der Waals surface area contributed by atoms with Gasteiger partial charge in [-0.25, -0.2) is 0 Å². The van der Waals surface area contributed by atoms with Gasteiger partial charge in [0.25, 0.3) is 0 Å². The van der Waals surface area contributed by atoms with E-state index in [1.54, 1.807) is 0 Å². The van der Waals surface area contributed by atoms with Crippen molar-refractivity contribution in [3.8, 4) is 0 Å². The minimum atomic E-state index is 0.828. The van der Waals surface area contributed by atoms with E-state index in [0.717, 1.165) is 23.7 Å². The topological polar surface area (TPSA) is 0 Å². The van der Waals surface area contributed by atoms with Gasteiger partial charge >= 0.3 is 0 Å². The summed E-state index contributed by atoms with van der Waals surface area (Å²) in [6.07, 6.45) is 8.40. The molecule has 0 N–H and O–H groups in total. The van der Waals surface area contributed by atoms with E-state index in [4.69, 9.17) is 12.2 Å². The highest BCUT2D eigenvalue weighted by atomic mass is 32.1. The van der Waals surface area contributed by atoms with Crippen LogP contribution in [0.15, 0.2) is 0 Å². The minimum Gasteiger partial charge on any atom is -0.0894 e. The van der Waals surface area contributed by atoms with E-state index in [1.807, 2.05) is 0 Å². The van der Waals surface area contributed by atoms with Crippen LogP contribution in [0.25, 0.3) is 0 Å². The zero-order valence-electron chi connectivity index (χ0n) is 9.46. The summed E-state index contributed by atoms with van der Waals surface area (Å²) in [7, 11) is 0. The van der Waals surface area contributed by atoms with Gasteiger partial charge in [-0.1, -0.05) is 26.1 Å². The monoisotopic (exact) mass is 210 g/mol. The third-order valence-electron chi connectivity index (χ3n) is 3.68. The second-order valence-electron chi connectivity index (χ2n) is 5.78. The first-order valence-electron chi connectivity index (χ1n) is 6.18. The molecule has 0 aromatic carbocycles. The molecule has 0 spiro atoms. The fourth-order valence-corrected chi connectivity index (χ4v) is 3.06. The van der Waals surface area contributed by atoms with Crippen LogP contribution in [0.5, 0.6) is 0 Å². The van der Waals surface area contributed by atoms with Crippen molar-refractivity contribution in [2.24, 2.45) is 23.7 Å². The van der Waals surface area contributed by atoms with Crippen LogP contribution in [0.4, 0.5) is 0 Å². The Morgan fingerprint density at radius 3 is 2.36 bits per heavy atom. The molecule has 0 aromatic heterocycles. The van der Waals surface area contributed by atoms with E-state index in [-0.39, 0.29) is 0 Å². The van der Waals surface area contributed by atoms with Gasteiger partial charge in [0, 0.05) is 0 Å². The van der Waals surface area contributed by atoms with Crippen molar-refractivity contribution in [3.05, 3.63) is 0 Å². The standard InChI is InChI=1S/C13H22S/c1-9(2)5-11-6-12(7-11)13(14)8-10-3-4-10/h9-12H,3-8H2,1-2H3. The normalized spacial score (nSPS) is 31.6. The molecule has 0 unspecified atom stereocenters. The number of rotatable bonds is 5. The van der Waals surface area contributed by atoms with Gasteiger partial charge in [-0.3, -0.25) is 0 Å². The maximum absolute atomic E-state index is 5.51. The fourth-order valence-electron chi connectivity index (χ4n) is 2.63. The quantitative estimate of drug-likeness (QED) is 0.612. The van der Waals surface area contributed by atoms with E-state index in [1.165, 1.54) is 43.4 Å². The highest BCUT2D eigenvalue weighted by molar-refractivity contribution is 7.80. The fraction of sp³-hybridized carbons (Fsp3) is 0.923. The molecule has 2 saturated carbocycles. The lowest BCUT2D eigenvalue weighted by atomic mass is 9.69. The zero-order chi connectivity index (χ0) is 10.1. The molecule has 1 heteroatoms. The Balaban J connectivity index is 1.63. The molecule has 0 nitrogen and oxygen atoms in total. The second-order valence-corrected chi connectivity index (χ2v) is 6.30. The van der Waals surface area contributed by atoms with Crippen LogP contribution in [0.3, 0.4) is 0 Å². The van der Waals surface area contributed by atoms with E-state index in [2.05, 4.69) is 13.8 Å². The Bertz CT molecular complexity index is 209. The molecule has 2 aliphatic rings. The first kappa shape index (κ1) is 10.6. The summed E-state index contributed by atoms with van der Waals surface area (Å²) in [6.45, 7) is 4.66. The summed E-state index contributed by atoms with van der Waals surface area (Å²) in [5.41, 5.74) is 0. The van der Waals surface area contributed by atoms with Crippen LogP contribution in [-0.4, -0.2) is 4.86 Å². The van der Waals surface area contributed by atoms with Gasteiger partial charge in [0.1, 0.15) is 0 Å². The summed E-state index contributed by atoms with van der Waals surface area (Å²) in [5, 5.41) is 0. The lowest BCUT2D eigenvalue weighted by Crippen LogP contribution is -2.30. The van der Waals surface area contributed by atoms with Gasteiger partial charge < -0.3 is 0 Å². The van der Waals surface area contributed by atoms with Crippen molar-refractivity contribution in [2.75, 3.05) is 0 Å². The molecule has 0 radical (unpaired) electrons. The van der Waals surface area contributed by atoms with Crippen LogP contribution < -0.4 is 0 Å². The summed E-state index contributed by atoms with van der Waals surface area (Å²) in [5.74, 6) is 3.69. The van der Waals surface area contributed by atoms with E-state index < -0.39 is 0 Å². The van der Waals surface area contributed by atoms with Gasteiger partial charge in [0.05, 0.1) is 0 Å². The summed E-state index contributed by atoms with van der Waals surface area (Å²) in [6, 6.07) is 0. The first-order valence-corrected chi connectivity index (χ1v) is 6.58. The van der Waals surface area contributed by atoms with Crippen molar-refractivity contribution in [3.63, 3.8) is 0 Å². The van der Waals surface area contributed by atoms with Crippen molar-refractivity contribution < 1.29 is 0 Å². The van der Waals surface area contributed by atoms with Crippen molar-refractivity contribution >= 4 is 17.1 Å². The zero-order valence-corrected chi connectivity index (χ0v) is 10.3. The Morgan fingerprint density at radius 1 is 1.21 bits per heavy atom. The highest BCUT2D eigenvalue weighted by Crippen LogP contribution is 2.42. The summed E-state index contributed by atoms with van der Waals surface area (Å²) in [4.78, 5) is 1.41. The average Bonchev–Trinajstić information content (AvgIpc) is 2.78. The maximum Gasteiger partial charge on any atom is -0.00376 e. The SMILES string of the molecule is CC(C)CC1CC(C(=S)CC2CC2)C1. The van der Waals surface area contributed by atoms with Gasteiger partial charge in [0.15, 0.2) is 0 Å². The van der Waals surface area contributed by atoms with Crippen molar-refractivity contribution in [2.45, 2.75) is 52.4 Å². The molecule has 0 amide bonds. The van der Waals surface area contributed by atoms with Crippen LogP contribution in [0.2, 0.25) is 0 Å². The number of thiocarbonyl (C=S) groups is 1. The smallest absolute Gasteiger partial charge is 0.00376 e. The van der Waals surface area contributed by atoms with Crippen LogP contribution in [-0.2, 0) is 0 Å². The van der Waals surface area contributed by atoms with Gasteiger partial charge in [-0.05, 0) is 67.1 Å². The Hall–Kier alpha value is 0.0900. The lowest BCUT2D eigenvalue weighted by molar-refractivity contribution is 0.217. The molecule has 0 aliphatic heterocycles. The third-order valence-corrected chi connectivity index (χ3v) is 4.18. The van der Waals surface area contributed by atoms with Crippen LogP contribution in [0, 0.1) is 23.7 Å². The summed E-state index contributed by atoms with van der Waals surface area (Å²) >= 11 is 5.51. The van der Waals surface area contributed by atoms with Crippen LogP contribution in [0.1, 0.15) is 52.4 Å². The molecule has 2 aliphatic carbocycles. The summed E-state index contributed by atoms with van der Waals surface area (Å²) < 4.78 is 0. The van der Waals surface area contributed by atoms with E-state index in [0.29, 0.717) is 0 Å². The Kier molecular flexibility index (Phi) is 3.26. The number of hydrogen-bond donors (Lipinski definition) is 0. The Labute approximate surface area is 93.5 Å².